The minimum Gasteiger partial charge on any atom is -0.348 e. The highest BCUT2D eigenvalue weighted by molar-refractivity contribution is 5.93. The number of aldehydes is 1. The van der Waals surface area contributed by atoms with Crippen molar-refractivity contribution in [3.63, 3.8) is 0 Å². The van der Waals surface area contributed by atoms with E-state index in [1.54, 1.807) is 0 Å². The smallest absolute Gasteiger partial charge is 0.264 e. The van der Waals surface area contributed by atoms with Gasteiger partial charge in [0.1, 0.15) is 5.56 Å². The number of fused-ring (bicyclic) bond motifs is 1. The fourth-order valence-electron chi connectivity index (χ4n) is 2.26. The second kappa shape index (κ2) is 6.23. The van der Waals surface area contributed by atoms with Crippen LogP contribution in [0.1, 0.15) is 26.5 Å². The highest BCUT2D eigenvalue weighted by atomic mass is 16.2. The molecule has 6 nitrogen and oxygen atoms in total. The first-order valence-electron chi connectivity index (χ1n) is 6.98. The van der Waals surface area contributed by atoms with E-state index >= 15 is 0 Å². The Bertz CT molecular complexity index is 947. The summed E-state index contributed by atoms with van der Waals surface area (Å²) >= 11 is 0. The van der Waals surface area contributed by atoms with Crippen LogP contribution < -0.4 is 10.9 Å². The lowest BCUT2D eigenvalue weighted by molar-refractivity contribution is 0.0947. The predicted octanol–water partition coefficient (Wildman–Crippen LogP) is 1.67. The van der Waals surface area contributed by atoms with E-state index in [4.69, 9.17) is 0 Å². The fourth-order valence-corrected chi connectivity index (χ4v) is 2.26. The normalized spacial score (nSPS) is 10.4. The van der Waals surface area contributed by atoms with Gasteiger partial charge >= 0.3 is 0 Å². The molecule has 0 saturated heterocycles. The third kappa shape index (κ3) is 3.16. The topological polar surface area (TPSA) is 91.9 Å². The number of benzene rings is 2. The van der Waals surface area contributed by atoms with Gasteiger partial charge in [0.15, 0.2) is 12.1 Å². The summed E-state index contributed by atoms with van der Waals surface area (Å²) in [6.45, 7) is 0.290. The summed E-state index contributed by atoms with van der Waals surface area (Å²) in [6, 6.07) is 13.8. The minimum atomic E-state index is -0.641. The van der Waals surface area contributed by atoms with E-state index in [9.17, 15) is 14.4 Å². The monoisotopic (exact) mass is 307 g/mol. The van der Waals surface area contributed by atoms with Crippen LogP contribution in [0.3, 0.4) is 0 Å². The Morgan fingerprint density at radius 2 is 1.96 bits per heavy atom. The van der Waals surface area contributed by atoms with Crippen molar-refractivity contribution in [1.82, 2.24) is 15.3 Å². The number of rotatable bonds is 4. The molecule has 114 valence electrons. The number of hydrogen-bond acceptors (Lipinski definition) is 4. The van der Waals surface area contributed by atoms with Gasteiger partial charge < -0.3 is 10.3 Å². The third-order valence-electron chi connectivity index (χ3n) is 3.44. The molecule has 0 bridgehead atoms. The first-order valence-corrected chi connectivity index (χ1v) is 6.98. The molecule has 3 rings (SSSR count). The number of amides is 1. The standard InChI is InChI=1S/C17H13N3O3/c21-10-15-18-9-14(17(23)20-15)16(22)19-8-11-5-6-12-3-1-2-4-13(12)7-11/h1-7,9-10H,8H2,(H,19,22)(H,18,20,23). The van der Waals surface area contributed by atoms with Gasteiger partial charge in [-0.05, 0) is 22.4 Å². The molecule has 1 amide bonds. The van der Waals surface area contributed by atoms with Gasteiger partial charge in [-0.3, -0.25) is 14.4 Å². The van der Waals surface area contributed by atoms with Crippen molar-refractivity contribution in [2.75, 3.05) is 0 Å². The maximum Gasteiger partial charge on any atom is 0.264 e. The van der Waals surface area contributed by atoms with Crippen molar-refractivity contribution in [3.8, 4) is 0 Å². The van der Waals surface area contributed by atoms with Gasteiger partial charge in [0.2, 0.25) is 0 Å². The van der Waals surface area contributed by atoms with Crippen LogP contribution in [0, 0.1) is 0 Å². The van der Waals surface area contributed by atoms with Gasteiger partial charge in [0.25, 0.3) is 11.5 Å². The van der Waals surface area contributed by atoms with E-state index in [2.05, 4.69) is 15.3 Å². The fraction of sp³-hybridized carbons (Fsp3) is 0.0588. The Morgan fingerprint density at radius 1 is 1.17 bits per heavy atom. The van der Waals surface area contributed by atoms with Crippen molar-refractivity contribution >= 4 is 23.0 Å². The molecule has 2 aromatic carbocycles. The molecule has 2 N–H and O–H groups in total. The molecule has 0 aliphatic carbocycles. The van der Waals surface area contributed by atoms with Gasteiger partial charge in [-0.2, -0.15) is 0 Å². The number of hydrogen-bond donors (Lipinski definition) is 2. The summed E-state index contributed by atoms with van der Waals surface area (Å²) in [6.07, 6.45) is 1.51. The van der Waals surface area contributed by atoms with Gasteiger partial charge in [-0.1, -0.05) is 36.4 Å². The number of nitrogens with one attached hydrogen (secondary N) is 2. The Labute approximate surface area is 131 Å². The van der Waals surface area contributed by atoms with Gasteiger partial charge in [0.05, 0.1) is 0 Å². The molecule has 0 radical (unpaired) electrons. The molecule has 0 unspecified atom stereocenters. The molecule has 0 saturated carbocycles. The molecule has 0 aliphatic heterocycles. The van der Waals surface area contributed by atoms with Crippen LogP contribution in [0.2, 0.25) is 0 Å². The molecule has 0 aliphatic rings. The molecular formula is C17H13N3O3. The van der Waals surface area contributed by atoms with Crippen molar-refractivity contribution < 1.29 is 9.59 Å². The van der Waals surface area contributed by atoms with E-state index in [-0.39, 0.29) is 11.4 Å². The van der Waals surface area contributed by atoms with Crippen LogP contribution in [0.25, 0.3) is 10.8 Å². The zero-order valence-electron chi connectivity index (χ0n) is 12.1. The lowest BCUT2D eigenvalue weighted by Gasteiger charge is -2.06. The highest BCUT2D eigenvalue weighted by Gasteiger charge is 2.11. The Balaban J connectivity index is 1.75. The summed E-state index contributed by atoms with van der Waals surface area (Å²) < 4.78 is 0. The van der Waals surface area contributed by atoms with Crippen LogP contribution in [-0.4, -0.2) is 22.2 Å². The van der Waals surface area contributed by atoms with Gasteiger partial charge in [-0.25, -0.2) is 4.98 Å². The molecule has 0 spiro atoms. The van der Waals surface area contributed by atoms with Crippen LogP contribution in [0.5, 0.6) is 0 Å². The van der Waals surface area contributed by atoms with E-state index in [0.29, 0.717) is 12.8 Å². The van der Waals surface area contributed by atoms with Crippen molar-refractivity contribution in [2.24, 2.45) is 0 Å². The Hall–Kier alpha value is -3.28. The first-order chi connectivity index (χ1) is 11.2. The zero-order chi connectivity index (χ0) is 16.2. The summed E-state index contributed by atoms with van der Waals surface area (Å²) in [5.41, 5.74) is 0.153. The summed E-state index contributed by atoms with van der Waals surface area (Å²) in [5, 5.41) is 4.87. The molecule has 6 heteroatoms. The van der Waals surface area contributed by atoms with Crippen LogP contribution >= 0.6 is 0 Å². The average Bonchev–Trinajstić information content (AvgIpc) is 2.59. The van der Waals surface area contributed by atoms with E-state index in [0.717, 1.165) is 22.5 Å². The molecule has 1 heterocycles. The predicted molar refractivity (Wildman–Crippen MR) is 85.4 cm³/mol. The first kappa shape index (κ1) is 14.6. The SMILES string of the molecule is O=Cc1ncc(C(=O)NCc2ccc3ccccc3c2)c(=O)[nH]1. The number of aromatic nitrogens is 2. The van der Waals surface area contributed by atoms with Gasteiger partial charge in [-0.15, -0.1) is 0 Å². The van der Waals surface area contributed by atoms with E-state index < -0.39 is 11.5 Å². The molecular weight excluding hydrogens is 294 g/mol. The number of H-pyrrole nitrogens is 1. The molecule has 3 aromatic rings. The lowest BCUT2D eigenvalue weighted by Crippen LogP contribution is -2.30. The highest BCUT2D eigenvalue weighted by Crippen LogP contribution is 2.15. The van der Waals surface area contributed by atoms with Crippen molar-refractivity contribution in [1.29, 1.82) is 0 Å². The molecule has 0 fully saturated rings. The number of aromatic amines is 1. The maximum atomic E-state index is 12.0. The molecule has 1 aromatic heterocycles. The lowest BCUT2D eigenvalue weighted by atomic mass is 10.1. The minimum absolute atomic E-state index is 0.110. The Morgan fingerprint density at radius 3 is 2.70 bits per heavy atom. The Kier molecular flexibility index (Phi) is 3.97. The number of carbonyl (C=O) groups excluding carboxylic acids is 2. The third-order valence-corrected chi connectivity index (χ3v) is 3.44. The van der Waals surface area contributed by atoms with Crippen molar-refractivity contribution in [3.05, 3.63) is 76.0 Å². The van der Waals surface area contributed by atoms with Gasteiger partial charge in [0, 0.05) is 12.7 Å². The van der Waals surface area contributed by atoms with Crippen LogP contribution in [0.15, 0.2) is 53.5 Å². The summed E-state index contributed by atoms with van der Waals surface area (Å²) in [5.74, 6) is -0.648. The average molecular weight is 307 g/mol. The largest absolute Gasteiger partial charge is 0.348 e. The summed E-state index contributed by atoms with van der Waals surface area (Å²) in [7, 11) is 0. The van der Waals surface area contributed by atoms with Crippen molar-refractivity contribution in [2.45, 2.75) is 6.54 Å². The van der Waals surface area contributed by atoms with Crippen LogP contribution in [0.4, 0.5) is 0 Å². The van der Waals surface area contributed by atoms with E-state index in [1.807, 2.05) is 42.5 Å². The molecule has 23 heavy (non-hydrogen) atoms. The summed E-state index contributed by atoms with van der Waals surface area (Å²) in [4.78, 5) is 40.2. The maximum absolute atomic E-state index is 12.0. The number of carbonyl (C=O) groups is 2. The second-order valence-electron chi connectivity index (χ2n) is 4.99. The number of nitrogens with zero attached hydrogens (tertiary/aromatic N) is 1. The molecule has 0 atom stereocenters. The van der Waals surface area contributed by atoms with E-state index in [1.165, 1.54) is 0 Å². The quantitative estimate of drug-likeness (QED) is 0.717. The zero-order valence-corrected chi connectivity index (χ0v) is 12.1. The second-order valence-corrected chi connectivity index (χ2v) is 4.99. The van der Waals surface area contributed by atoms with Crippen LogP contribution in [-0.2, 0) is 6.54 Å².